The van der Waals surface area contributed by atoms with Crippen molar-refractivity contribution < 1.29 is 13.2 Å². The van der Waals surface area contributed by atoms with Gasteiger partial charge in [-0.1, -0.05) is 12.1 Å². The Morgan fingerprint density at radius 3 is 2.30 bits per heavy atom. The summed E-state index contributed by atoms with van der Waals surface area (Å²) in [6, 6.07) is 6.60. The predicted octanol–water partition coefficient (Wildman–Crippen LogP) is 3.52. The molecular formula is C14H12F3N3. The number of aromatic nitrogens is 2. The summed E-state index contributed by atoms with van der Waals surface area (Å²) in [4.78, 5) is 12.2. The van der Waals surface area contributed by atoms with Gasteiger partial charge in [0, 0.05) is 18.3 Å². The molecule has 0 atom stereocenters. The molecule has 2 rings (SSSR count). The second kappa shape index (κ2) is 5.40. The van der Waals surface area contributed by atoms with Gasteiger partial charge < -0.3 is 0 Å². The number of hydrogen-bond donors (Lipinski definition) is 0. The van der Waals surface area contributed by atoms with E-state index in [1.807, 2.05) is 0 Å². The number of aliphatic imine (C=N–C) groups is 1. The maximum atomic E-state index is 12.5. The molecule has 0 radical (unpaired) electrons. The summed E-state index contributed by atoms with van der Waals surface area (Å²) in [7, 11) is 1.60. The lowest BCUT2D eigenvalue weighted by molar-refractivity contribution is -0.137. The average Bonchev–Trinajstić information content (AvgIpc) is 2.37. The monoisotopic (exact) mass is 279 g/mol. The maximum absolute atomic E-state index is 12.5. The fourth-order valence-corrected chi connectivity index (χ4v) is 1.74. The van der Waals surface area contributed by atoms with E-state index in [1.54, 1.807) is 20.0 Å². The van der Waals surface area contributed by atoms with Crippen LogP contribution in [0.3, 0.4) is 0 Å². The van der Waals surface area contributed by atoms with Crippen molar-refractivity contribution in [2.75, 3.05) is 7.05 Å². The smallest absolute Gasteiger partial charge is 0.293 e. The zero-order valence-corrected chi connectivity index (χ0v) is 10.9. The molecule has 0 saturated heterocycles. The molecular weight excluding hydrogens is 267 g/mol. The summed E-state index contributed by atoms with van der Waals surface area (Å²) in [5.74, 6) is 0.433. The first-order valence-corrected chi connectivity index (χ1v) is 5.85. The minimum absolute atomic E-state index is 0.433. The van der Waals surface area contributed by atoms with E-state index in [2.05, 4.69) is 15.0 Å². The standard InChI is InChI=1S/C14H12F3N3/c1-9-7-12(20-13(19-9)8-18-2)10-3-5-11(6-4-10)14(15,16)17/h3-8H,1-2H3. The highest BCUT2D eigenvalue weighted by Crippen LogP contribution is 2.30. The molecule has 104 valence electrons. The summed E-state index contributed by atoms with van der Waals surface area (Å²) in [5, 5.41) is 0. The Hall–Kier alpha value is -2.24. The van der Waals surface area contributed by atoms with E-state index in [9.17, 15) is 13.2 Å². The van der Waals surface area contributed by atoms with E-state index in [0.717, 1.165) is 17.8 Å². The van der Waals surface area contributed by atoms with E-state index in [0.29, 0.717) is 17.1 Å². The third kappa shape index (κ3) is 3.20. The number of alkyl halides is 3. The molecule has 0 unspecified atom stereocenters. The van der Waals surface area contributed by atoms with Gasteiger partial charge in [-0.25, -0.2) is 9.97 Å². The van der Waals surface area contributed by atoms with Crippen molar-refractivity contribution in [1.29, 1.82) is 0 Å². The SMILES string of the molecule is CN=Cc1nc(C)cc(-c2ccc(C(F)(F)F)cc2)n1. The van der Waals surface area contributed by atoms with Crippen LogP contribution < -0.4 is 0 Å². The molecule has 0 amide bonds. The molecule has 1 heterocycles. The van der Waals surface area contributed by atoms with Crippen molar-refractivity contribution in [2.45, 2.75) is 13.1 Å². The number of nitrogens with zero attached hydrogens (tertiary/aromatic N) is 3. The van der Waals surface area contributed by atoms with Crippen molar-refractivity contribution in [2.24, 2.45) is 4.99 Å². The zero-order chi connectivity index (χ0) is 14.8. The van der Waals surface area contributed by atoms with Crippen LogP contribution in [0.2, 0.25) is 0 Å². The summed E-state index contributed by atoms with van der Waals surface area (Å²) in [5.41, 5.74) is 1.22. The van der Waals surface area contributed by atoms with Gasteiger partial charge in [-0.3, -0.25) is 4.99 Å². The van der Waals surface area contributed by atoms with E-state index in [4.69, 9.17) is 0 Å². The van der Waals surface area contributed by atoms with Gasteiger partial charge in [0.15, 0.2) is 5.82 Å². The third-order valence-corrected chi connectivity index (χ3v) is 2.62. The van der Waals surface area contributed by atoms with Gasteiger partial charge in [-0.05, 0) is 25.1 Å². The van der Waals surface area contributed by atoms with Crippen LogP contribution in [0.5, 0.6) is 0 Å². The van der Waals surface area contributed by atoms with Gasteiger partial charge >= 0.3 is 6.18 Å². The lowest BCUT2D eigenvalue weighted by Gasteiger charge is -2.08. The third-order valence-electron chi connectivity index (χ3n) is 2.62. The Balaban J connectivity index is 2.41. The zero-order valence-electron chi connectivity index (χ0n) is 10.9. The first-order valence-electron chi connectivity index (χ1n) is 5.85. The van der Waals surface area contributed by atoms with E-state index in [1.165, 1.54) is 18.3 Å². The van der Waals surface area contributed by atoms with Gasteiger partial charge in [0.1, 0.15) is 0 Å². The fraction of sp³-hybridized carbons (Fsp3) is 0.214. The second-order valence-electron chi connectivity index (χ2n) is 4.22. The minimum atomic E-state index is -4.33. The van der Waals surface area contributed by atoms with Crippen molar-refractivity contribution >= 4 is 6.21 Å². The number of aryl methyl sites for hydroxylation is 1. The van der Waals surface area contributed by atoms with Crippen LogP contribution in [-0.2, 0) is 6.18 Å². The number of hydrogen-bond acceptors (Lipinski definition) is 3. The molecule has 1 aromatic carbocycles. The molecule has 0 saturated carbocycles. The molecule has 0 spiro atoms. The normalized spacial score (nSPS) is 12.1. The molecule has 0 fully saturated rings. The number of halogens is 3. The molecule has 0 aliphatic heterocycles. The first-order chi connectivity index (χ1) is 9.40. The molecule has 3 nitrogen and oxygen atoms in total. The number of rotatable bonds is 2. The van der Waals surface area contributed by atoms with Crippen LogP contribution in [0.4, 0.5) is 13.2 Å². The van der Waals surface area contributed by atoms with Crippen LogP contribution in [0.1, 0.15) is 17.1 Å². The first kappa shape index (κ1) is 14.2. The Labute approximate surface area is 114 Å². The van der Waals surface area contributed by atoms with Gasteiger partial charge in [-0.15, -0.1) is 0 Å². The molecule has 20 heavy (non-hydrogen) atoms. The van der Waals surface area contributed by atoms with Crippen LogP contribution in [-0.4, -0.2) is 23.2 Å². The largest absolute Gasteiger partial charge is 0.416 e. The van der Waals surface area contributed by atoms with Crippen LogP contribution >= 0.6 is 0 Å². The lowest BCUT2D eigenvalue weighted by Crippen LogP contribution is -2.04. The topological polar surface area (TPSA) is 38.1 Å². The van der Waals surface area contributed by atoms with Crippen molar-refractivity contribution in [3.05, 3.63) is 47.4 Å². The Morgan fingerprint density at radius 1 is 1.10 bits per heavy atom. The summed E-state index contributed by atoms with van der Waals surface area (Å²) in [6.45, 7) is 1.79. The van der Waals surface area contributed by atoms with Crippen LogP contribution in [0.15, 0.2) is 35.3 Å². The van der Waals surface area contributed by atoms with E-state index >= 15 is 0 Å². The van der Waals surface area contributed by atoms with Gasteiger partial charge in [0.2, 0.25) is 0 Å². The van der Waals surface area contributed by atoms with Gasteiger partial charge in [-0.2, -0.15) is 13.2 Å². The van der Waals surface area contributed by atoms with Gasteiger partial charge in [0.05, 0.1) is 17.5 Å². The van der Waals surface area contributed by atoms with E-state index < -0.39 is 11.7 Å². The summed E-state index contributed by atoms with van der Waals surface area (Å²) < 4.78 is 37.5. The fourth-order valence-electron chi connectivity index (χ4n) is 1.74. The number of benzene rings is 1. The van der Waals surface area contributed by atoms with Crippen molar-refractivity contribution in [1.82, 2.24) is 9.97 Å². The highest BCUT2D eigenvalue weighted by Gasteiger charge is 2.30. The van der Waals surface area contributed by atoms with Crippen LogP contribution in [0.25, 0.3) is 11.3 Å². The molecule has 0 aliphatic rings. The quantitative estimate of drug-likeness (QED) is 0.789. The minimum Gasteiger partial charge on any atom is -0.293 e. The summed E-state index contributed by atoms with van der Waals surface area (Å²) in [6.07, 6.45) is -2.83. The van der Waals surface area contributed by atoms with Crippen molar-refractivity contribution in [3.63, 3.8) is 0 Å². The maximum Gasteiger partial charge on any atom is 0.416 e. The lowest BCUT2D eigenvalue weighted by atomic mass is 10.1. The van der Waals surface area contributed by atoms with Gasteiger partial charge in [0.25, 0.3) is 0 Å². The van der Waals surface area contributed by atoms with Crippen LogP contribution in [0, 0.1) is 6.92 Å². The van der Waals surface area contributed by atoms with Crippen molar-refractivity contribution in [3.8, 4) is 11.3 Å². The summed E-state index contributed by atoms with van der Waals surface area (Å²) >= 11 is 0. The Bertz CT molecular complexity index is 631. The Kier molecular flexibility index (Phi) is 3.83. The molecule has 0 N–H and O–H groups in total. The molecule has 0 bridgehead atoms. The highest BCUT2D eigenvalue weighted by atomic mass is 19.4. The Morgan fingerprint density at radius 2 is 1.75 bits per heavy atom. The van der Waals surface area contributed by atoms with E-state index in [-0.39, 0.29) is 0 Å². The molecule has 2 aromatic rings. The molecule has 6 heteroatoms. The molecule has 1 aromatic heterocycles. The highest BCUT2D eigenvalue weighted by molar-refractivity contribution is 5.75. The molecule has 0 aliphatic carbocycles. The second-order valence-corrected chi connectivity index (χ2v) is 4.22. The predicted molar refractivity (Wildman–Crippen MR) is 70.7 cm³/mol. The average molecular weight is 279 g/mol.